The maximum atomic E-state index is 13.1. The van der Waals surface area contributed by atoms with Crippen molar-refractivity contribution in [2.45, 2.75) is 20.0 Å². The van der Waals surface area contributed by atoms with Gasteiger partial charge in [-0.15, -0.1) is 16.4 Å². The van der Waals surface area contributed by atoms with Gasteiger partial charge in [0.1, 0.15) is 34.6 Å². The minimum absolute atomic E-state index is 0.0426. The molecule has 0 atom stereocenters. The van der Waals surface area contributed by atoms with E-state index in [1.165, 1.54) is 9.72 Å². The molecule has 0 spiro atoms. The number of anilines is 1. The van der Waals surface area contributed by atoms with E-state index in [9.17, 15) is 4.79 Å². The van der Waals surface area contributed by atoms with E-state index in [0.29, 0.717) is 25.3 Å². The molecule has 0 saturated carbocycles. The molecule has 1 saturated heterocycles. The number of aromatic nitrogens is 5. The van der Waals surface area contributed by atoms with E-state index in [-0.39, 0.29) is 5.91 Å². The van der Waals surface area contributed by atoms with Crippen LogP contribution in [0.5, 0.6) is 0 Å². The van der Waals surface area contributed by atoms with Gasteiger partial charge in [-0.3, -0.25) is 4.79 Å². The number of rotatable bonds is 6. The van der Waals surface area contributed by atoms with Crippen molar-refractivity contribution in [1.29, 1.82) is 0 Å². The van der Waals surface area contributed by atoms with Gasteiger partial charge in [0.2, 0.25) is 0 Å². The summed E-state index contributed by atoms with van der Waals surface area (Å²) in [6.45, 7) is 5.27. The quantitative estimate of drug-likeness (QED) is 0.353. The third-order valence-electron chi connectivity index (χ3n) is 6.45. The number of hydrogen-bond donors (Lipinski definition) is 0. The summed E-state index contributed by atoms with van der Waals surface area (Å²) in [5.74, 6) is 1.01. The number of piperazine rings is 1. The van der Waals surface area contributed by atoms with E-state index in [0.717, 1.165) is 52.1 Å². The highest BCUT2D eigenvalue weighted by Crippen LogP contribution is 2.31. The van der Waals surface area contributed by atoms with Gasteiger partial charge >= 0.3 is 0 Å². The third-order valence-corrected chi connectivity index (χ3v) is 7.64. The summed E-state index contributed by atoms with van der Waals surface area (Å²) in [5.41, 5.74) is 3.22. The third kappa shape index (κ3) is 4.24. The van der Waals surface area contributed by atoms with Crippen LogP contribution in [0, 0.1) is 0 Å². The van der Waals surface area contributed by atoms with Gasteiger partial charge in [0, 0.05) is 36.6 Å². The van der Waals surface area contributed by atoms with Gasteiger partial charge in [-0.25, -0.2) is 9.97 Å². The molecule has 6 rings (SSSR count). The van der Waals surface area contributed by atoms with Crippen LogP contribution in [0.25, 0.3) is 21.3 Å². The van der Waals surface area contributed by atoms with Crippen molar-refractivity contribution < 1.29 is 9.63 Å². The Bertz CT molecular complexity index is 1520. The first kappa shape index (κ1) is 22.4. The molecule has 0 radical (unpaired) electrons. The van der Waals surface area contributed by atoms with Crippen molar-refractivity contribution in [3.8, 4) is 0 Å². The Morgan fingerprint density at radius 3 is 2.64 bits per heavy atom. The normalized spacial score (nSPS) is 14.0. The van der Waals surface area contributed by atoms with Crippen LogP contribution in [0.4, 0.5) is 5.82 Å². The molecule has 10 heteroatoms. The van der Waals surface area contributed by atoms with Gasteiger partial charge in [0.25, 0.3) is 5.91 Å². The van der Waals surface area contributed by atoms with Crippen LogP contribution in [0.3, 0.4) is 0 Å². The number of para-hydroxylation sites is 1. The molecular weight excluding hydrogens is 474 g/mol. The Labute approximate surface area is 211 Å². The summed E-state index contributed by atoms with van der Waals surface area (Å²) < 4.78 is 0. The first-order valence-corrected chi connectivity index (χ1v) is 12.8. The average Bonchev–Trinajstić information content (AvgIpc) is 3.56. The van der Waals surface area contributed by atoms with E-state index in [2.05, 4.69) is 38.2 Å². The lowest BCUT2D eigenvalue weighted by molar-refractivity contribution is 0.0739. The number of benzene rings is 2. The van der Waals surface area contributed by atoms with E-state index in [4.69, 9.17) is 4.84 Å². The van der Waals surface area contributed by atoms with Crippen LogP contribution in [0.1, 0.15) is 27.7 Å². The van der Waals surface area contributed by atoms with Crippen molar-refractivity contribution in [3.63, 3.8) is 0 Å². The van der Waals surface area contributed by atoms with Gasteiger partial charge in [0.05, 0.1) is 5.39 Å². The van der Waals surface area contributed by atoms with Crippen LogP contribution in [0.2, 0.25) is 0 Å². The van der Waals surface area contributed by atoms with E-state index in [1.807, 2.05) is 53.4 Å². The molecular formula is C26H25N7O2S. The summed E-state index contributed by atoms with van der Waals surface area (Å²) in [5, 5.41) is 9.24. The number of thiophene rings is 1. The molecule has 182 valence electrons. The molecule has 0 bridgehead atoms. The molecule has 0 N–H and O–H groups in total. The predicted molar refractivity (Wildman–Crippen MR) is 139 cm³/mol. The second kappa shape index (κ2) is 9.54. The second-order valence-corrected chi connectivity index (χ2v) is 9.80. The fourth-order valence-electron chi connectivity index (χ4n) is 4.45. The highest BCUT2D eigenvalue weighted by molar-refractivity contribution is 7.18. The fourth-order valence-corrected chi connectivity index (χ4v) is 5.37. The number of nitrogens with zero attached hydrogens (tertiary/aromatic N) is 7. The monoisotopic (exact) mass is 499 g/mol. The number of amides is 1. The van der Waals surface area contributed by atoms with Crippen LogP contribution >= 0.6 is 11.3 Å². The molecule has 1 aliphatic heterocycles. The number of carbonyl (C=O) groups is 1. The Morgan fingerprint density at radius 2 is 1.83 bits per heavy atom. The largest absolute Gasteiger partial charge is 0.390 e. The lowest BCUT2D eigenvalue weighted by atomic mass is 10.1. The first-order chi connectivity index (χ1) is 17.7. The van der Waals surface area contributed by atoms with Crippen LogP contribution in [-0.2, 0) is 13.0 Å². The SMILES string of the molecule is CCc1cc2c(N3CCN(C(=O)c4ccc(COn5nnc6ccccc65)cc4)CC3)ncnc2s1. The molecule has 1 aliphatic rings. The molecule has 1 fully saturated rings. The maximum absolute atomic E-state index is 13.1. The maximum Gasteiger partial charge on any atom is 0.253 e. The smallest absolute Gasteiger partial charge is 0.253 e. The molecule has 5 aromatic rings. The Balaban J connectivity index is 1.07. The van der Waals surface area contributed by atoms with Gasteiger partial charge in [-0.2, -0.15) is 0 Å². The molecule has 9 nitrogen and oxygen atoms in total. The standard InChI is InChI=1S/C26H25N7O2S/c1-2-20-15-21-24(27-17-28-25(21)36-20)31-11-13-32(14-12-31)26(34)19-9-7-18(8-10-19)16-35-33-23-6-4-3-5-22(23)29-30-33/h3-10,15,17H,2,11-14,16H2,1H3. The summed E-state index contributed by atoms with van der Waals surface area (Å²) in [6, 6.07) is 17.4. The number of aryl methyl sites for hydroxylation is 1. The van der Waals surface area contributed by atoms with Crippen molar-refractivity contribution in [2.75, 3.05) is 31.1 Å². The molecule has 3 aromatic heterocycles. The van der Waals surface area contributed by atoms with Gasteiger partial charge in [-0.1, -0.05) is 36.0 Å². The Hall–Kier alpha value is -4.05. The first-order valence-electron chi connectivity index (χ1n) is 12.0. The van der Waals surface area contributed by atoms with Gasteiger partial charge in [-0.05, 0) is 47.5 Å². The summed E-state index contributed by atoms with van der Waals surface area (Å²) in [4.78, 5) is 35.8. The predicted octanol–water partition coefficient (Wildman–Crippen LogP) is 3.59. The minimum atomic E-state index is 0.0426. The van der Waals surface area contributed by atoms with Crippen LogP contribution in [0.15, 0.2) is 60.9 Å². The van der Waals surface area contributed by atoms with Crippen molar-refractivity contribution in [1.82, 2.24) is 30.0 Å². The second-order valence-electron chi connectivity index (χ2n) is 8.68. The fraction of sp³-hybridized carbons (Fsp3) is 0.269. The van der Waals surface area contributed by atoms with Gasteiger partial charge < -0.3 is 14.6 Å². The minimum Gasteiger partial charge on any atom is -0.390 e. The van der Waals surface area contributed by atoms with Crippen LogP contribution in [-0.4, -0.2) is 62.1 Å². The number of carbonyl (C=O) groups excluding carboxylic acids is 1. The lowest BCUT2D eigenvalue weighted by Gasteiger charge is -2.35. The van der Waals surface area contributed by atoms with Gasteiger partial charge in [0.15, 0.2) is 0 Å². The number of hydrogen-bond acceptors (Lipinski definition) is 8. The lowest BCUT2D eigenvalue weighted by Crippen LogP contribution is -2.49. The Morgan fingerprint density at radius 1 is 1.03 bits per heavy atom. The molecule has 4 heterocycles. The molecule has 2 aromatic carbocycles. The van der Waals surface area contributed by atoms with Crippen LogP contribution < -0.4 is 9.74 Å². The van der Waals surface area contributed by atoms with Crippen molar-refractivity contribution in [2.24, 2.45) is 0 Å². The summed E-state index contributed by atoms with van der Waals surface area (Å²) >= 11 is 1.72. The molecule has 36 heavy (non-hydrogen) atoms. The average molecular weight is 500 g/mol. The van der Waals surface area contributed by atoms with Crippen molar-refractivity contribution >= 4 is 44.3 Å². The zero-order valence-electron chi connectivity index (χ0n) is 19.9. The van der Waals surface area contributed by atoms with Crippen molar-refractivity contribution in [3.05, 3.63) is 76.9 Å². The summed E-state index contributed by atoms with van der Waals surface area (Å²) in [7, 11) is 0. The zero-order valence-corrected chi connectivity index (χ0v) is 20.7. The summed E-state index contributed by atoms with van der Waals surface area (Å²) in [6.07, 6.45) is 2.63. The molecule has 1 amide bonds. The highest BCUT2D eigenvalue weighted by Gasteiger charge is 2.24. The van der Waals surface area contributed by atoms with E-state index in [1.54, 1.807) is 17.7 Å². The van der Waals surface area contributed by atoms with E-state index < -0.39 is 0 Å². The van der Waals surface area contributed by atoms with E-state index >= 15 is 0 Å². The molecule has 0 aliphatic carbocycles. The number of fused-ring (bicyclic) bond motifs is 2. The zero-order chi connectivity index (χ0) is 24.5. The Kier molecular flexibility index (Phi) is 5.94. The molecule has 0 unspecified atom stereocenters. The topological polar surface area (TPSA) is 89.3 Å². The highest BCUT2D eigenvalue weighted by atomic mass is 32.1.